The van der Waals surface area contributed by atoms with Crippen LogP contribution in [-0.2, 0) is 16.0 Å². The van der Waals surface area contributed by atoms with Crippen molar-refractivity contribution < 1.29 is 13.9 Å². The summed E-state index contributed by atoms with van der Waals surface area (Å²) in [5.74, 6) is -0.665. The Kier molecular flexibility index (Phi) is 5.62. The lowest BCUT2D eigenvalue weighted by Crippen LogP contribution is -2.31. The molecule has 2 aromatic carbocycles. The zero-order chi connectivity index (χ0) is 18.7. The Hall–Kier alpha value is -2.33. The summed E-state index contributed by atoms with van der Waals surface area (Å²) in [5, 5.41) is 3.69. The molecule has 0 saturated carbocycles. The monoisotopic (exact) mass is 373 g/mol. The second-order valence-corrected chi connectivity index (χ2v) is 6.78. The molecule has 0 spiro atoms. The normalized spacial score (nSPS) is 16.6. The number of halogens is 2. The number of hydrogen-bond donors (Lipinski definition) is 1. The van der Waals surface area contributed by atoms with Crippen molar-refractivity contribution in [3.63, 3.8) is 0 Å². The van der Waals surface area contributed by atoms with Crippen molar-refractivity contribution in [2.45, 2.75) is 20.3 Å². The van der Waals surface area contributed by atoms with E-state index in [1.807, 2.05) is 38.1 Å². The second-order valence-electron chi connectivity index (χ2n) is 6.37. The molecule has 1 aliphatic heterocycles. The molecule has 0 bridgehead atoms. The van der Waals surface area contributed by atoms with Gasteiger partial charge in [-0.25, -0.2) is 4.39 Å². The van der Waals surface area contributed by atoms with Crippen LogP contribution in [-0.4, -0.2) is 19.1 Å². The zero-order valence-electron chi connectivity index (χ0n) is 14.8. The number of ether oxygens (including phenoxy) is 1. The van der Waals surface area contributed by atoms with Crippen LogP contribution in [0, 0.1) is 11.7 Å². The zero-order valence-corrected chi connectivity index (χ0v) is 15.6. The van der Waals surface area contributed by atoms with E-state index in [-0.39, 0.29) is 17.7 Å². The summed E-state index contributed by atoms with van der Waals surface area (Å²) in [5.41, 5.74) is 4.19. The molecule has 1 atom stereocenters. The Morgan fingerprint density at radius 1 is 1.38 bits per heavy atom. The first kappa shape index (κ1) is 18.5. The van der Waals surface area contributed by atoms with Crippen LogP contribution in [0.1, 0.15) is 30.5 Å². The quantitative estimate of drug-likeness (QED) is 0.592. The Balaban J connectivity index is 1.83. The molecule has 5 heteroatoms. The largest absolute Gasteiger partial charge is 0.466 e. The van der Waals surface area contributed by atoms with E-state index in [2.05, 4.69) is 5.32 Å². The van der Waals surface area contributed by atoms with Crippen molar-refractivity contribution in [3.8, 4) is 0 Å². The van der Waals surface area contributed by atoms with Gasteiger partial charge in [-0.15, -0.1) is 0 Å². The Labute approximate surface area is 157 Å². The van der Waals surface area contributed by atoms with Crippen molar-refractivity contribution in [1.82, 2.24) is 0 Å². The summed E-state index contributed by atoms with van der Waals surface area (Å²) < 4.78 is 19.2. The van der Waals surface area contributed by atoms with Gasteiger partial charge in [0.15, 0.2) is 0 Å². The second kappa shape index (κ2) is 7.92. The first-order valence-electron chi connectivity index (χ1n) is 8.65. The van der Waals surface area contributed by atoms with E-state index in [0.717, 1.165) is 22.4 Å². The molecule has 3 rings (SSSR count). The van der Waals surface area contributed by atoms with Gasteiger partial charge in [0.05, 0.1) is 17.5 Å². The third-order valence-corrected chi connectivity index (χ3v) is 4.81. The number of fused-ring (bicyclic) bond motifs is 1. The molecule has 0 radical (unpaired) electrons. The Bertz CT molecular complexity index is 843. The molecule has 3 nitrogen and oxygen atoms in total. The summed E-state index contributed by atoms with van der Waals surface area (Å²) in [6.45, 7) is 4.60. The van der Waals surface area contributed by atoms with Crippen molar-refractivity contribution in [2.75, 3.05) is 18.5 Å². The number of hydrogen-bond acceptors (Lipinski definition) is 3. The van der Waals surface area contributed by atoms with Crippen LogP contribution >= 0.6 is 11.6 Å². The highest BCUT2D eigenvalue weighted by molar-refractivity contribution is 6.32. The van der Waals surface area contributed by atoms with Gasteiger partial charge in [0.2, 0.25) is 0 Å². The van der Waals surface area contributed by atoms with Gasteiger partial charge in [-0.05, 0) is 55.2 Å². The lowest BCUT2D eigenvalue weighted by Gasteiger charge is -2.25. The summed E-state index contributed by atoms with van der Waals surface area (Å²) in [6.07, 6.45) is 2.56. The van der Waals surface area contributed by atoms with Gasteiger partial charge in [0, 0.05) is 17.8 Å². The maximum Gasteiger partial charge on any atom is 0.311 e. The van der Waals surface area contributed by atoms with Crippen molar-refractivity contribution in [1.29, 1.82) is 0 Å². The van der Waals surface area contributed by atoms with E-state index in [9.17, 15) is 9.18 Å². The molecular weight excluding hydrogens is 353 g/mol. The lowest BCUT2D eigenvalue weighted by atomic mass is 9.92. The topological polar surface area (TPSA) is 38.3 Å². The minimum atomic E-state index is -0.334. The molecular formula is C21H21ClFNO2. The van der Waals surface area contributed by atoms with Gasteiger partial charge in [-0.3, -0.25) is 4.79 Å². The SMILES string of the molecule is CCOC(=O)C1CNc2cc(C=C(C)c3c(F)cccc3Cl)ccc2C1. The standard InChI is InChI=1S/C21H21ClFNO2/c1-3-26-21(25)16-11-15-8-7-14(10-19(15)24-12-16)9-13(2)20-17(22)5-4-6-18(20)23/h4-10,16,24H,3,11-12H2,1-2H3. The van der Waals surface area contributed by atoms with Crippen LogP contribution in [0.3, 0.4) is 0 Å². The summed E-state index contributed by atoms with van der Waals surface area (Å²) in [4.78, 5) is 11.9. The van der Waals surface area contributed by atoms with Gasteiger partial charge in [-0.1, -0.05) is 35.9 Å². The first-order chi connectivity index (χ1) is 12.5. The molecule has 1 N–H and O–H groups in total. The Morgan fingerprint density at radius 2 is 2.19 bits per heavy atom. The fraction of sp³-hybridized carbons (Fsp3) is 0.286. The molecule has 0 aliphatic carbocycles. The maximum atomic E-state index is 14.1. The average Bonchev–Trinajstić information content (AvgIpc) is 2.61. The van der Waals surface area contributed by atoms with E-state index in [1.165, 1.54) is 6.07 Å². The highest BCUT2D eigenvalue weighted by Crippen LogP contribution is 2.31. The first-order valence-corrected chi connectivity index (χ1v) is 9.03. The predicted molar refractivity (Wildman–Crippen MR) is 104 cm³/mol. The molecule has 0 amide bonds. The number of allylic oxidation sites excluding steroid dienone is 1. The number of carbonyl (C=O) groups is 1. The fourth-order valence-electron chi connectivity index (χ4n) is 3.22. The number of rotatable bonds is 4. The fourth-order valence-corrected chi connectivity index (χ4v) is 3.53. The van der Waals surface area contributed by atoms with Gasteiger partial charge in [0.25, 0.3) is 0 Å². The third-order valence-electron chi connectivity index (χ3n) is 4.50. The number of nitrogens with one attached hydrogen (secondary N) is 1. The molecule has 0 saturated heterocycles. The molecule has 2 aromatic rings. The van der Waals surface area contributed by atoms with Gasteiger partial charge in [-0.2, -0.15) is 0 Å². The molecule has 0 aromatic heterocycles. The van der Waals surface area contributed by atoms with Crippen molar-refractivity contribution in [2.24, 2.45) is 5.92 Å². The molecule has 1 unspecified atom stereocenters. The summed E-state index contributed by atoms with van der Waals surface area (Å²) in [7, 11) is 0. The van der Waals surface area contributed by atoms with Crippen LogP contribution < -0.4 is 5.32 Å². The number of esters is 1. The van der Waals surface area contributed by atoms with Gasteiger partial charge < -0.3 is 10.1 Å². The number of benzene rings is 2. The van der Waals surface area contributed by atoms with Crippen LogP contribution in [0.15, 0.2) is 36.4 Å². The van der Waals surface area contributed by atoms with Gasteiger partial charge >= 0.3 is 5.97 Å². The number of anilines is 1. The molecule has 0 fully saturated rings. The molecule has 26 heavy (non-hydrogen) atoms. The van der Waals surface area contributed by atoms with Crippen molar-refractivity contribution in [3.05, 3.63) is 63.9 Å². The third kappa shape index (κ3) is 3.91. The Morgan fingerprint density at radius 3 is 2.92 bits per heavy atom. The average molecular weight is 374 g/mol. The van der Waals surface area contributed by atoms with Crippen molar-refractivity contribution >= 4 is 34.9 Å². The lowest BCUT2D eigenvalue weighted by molar-refractivity contribution is -0.147. The maximum absolute atomic E-state index is 14.1. The highest BCUT2D eigenvalue weighted by atomic mass is 35.5. The summed E-state index contributed by atoms with van der Waals surface area (Å²) in [6, 6.07) is 10.7. The predicted octanol–water partition coefficient (Wildman–Crippen LogP) is 5.19. The van der Waals surface area contributed by atoms with Crippen LogP contribution in [0.2, 0.25) is 5.02 Å². The molecule has 136 valence electrons. The molecule has 1 heterocycles. The van der Waals surface area contributed by atoms with E-state index < -0.39 is 0 Å². The molecule has 1 aliphatic rings. The van der Waals surface area contributed by atoms with Crippen LogP contribution in [0.25, 0.3) is 11.6 Å². The van der Waals surface area contributed by atoms with Gasteiger partial charge in [0.1, 0.15) is 5.82 Å². The van der Waals surface area contributed by atoms with E-state index in [4.69, 9.17) is 16.3 Å². The summed E-state index contributed by atoms with van der Waals surface area (Å²) >= 11 is 6.14. The van der Waals surface area contributed by atoms with E-state index in [0.29, 0.717) is 30.2 Å². The van der Waals surface area contributed by atoms with Crippen LogP contribution in [0.5, 0.6) is 0 Å². The van der Waals surface area contributed by atoms with E-state index >= 15 is 0 Å². The minimum absolute atomic E-state index is 0.164. The number of carbonyl (C=O) groups excluding carboxylic acids is 1. The highest BCUT2D eigenvalue weighted by Gasteiger charge is 2.25. The smallest absolute Gasteiger partial charge is 0.311 e. The minimum Gasteiger partial charge on any atom is -0.466 e. The van der Waals surface area contributed by atoms with Crippen LogP contribution in [0.4, 0.5) is 10.1 Å². The van der Waals surface area contributed by atoms with E-state index in [1.54, 1.807) is 12.1 Å².